The highest BCUT2D eigenvalue weighted by Gasteiger charge is 2.30. The lowest BCUT2D eigenvalue weighted by Crippen LogP contribution is -2.14. The van der Waals surface area contributed by atoms with Gasteiger partial charge in [-0.3, -0.25) is 4.79 Å². The van der Waals surface area contributed by atoms with Gasteiger partial charge < -0.3 is 10.1 Å². The van der Waals surface area contributed by atoms with Gasteiger partial charge in [0.25, 0.3) is 0 Å². The molecule has 0 radical (unpaired) electrons. The van der Waals surface area contributed by atoms with Crippen LogP contribution >= 0.6 is 0 Å². The second-order valence-electron chi connectivity index (χ2n) is 4.99. The van der Waals surface area contributed by atoms with Crippen LogP contribution in [0.2, 0.25) is 0 Å². The topological polar surface area (TPSA) is 38.3 Å². The Hall–Kier alpha value is -2.34. The predicted octanol–water partition coefficient (Wildman–Crippen LogP) is 3.84. The molecule has 0 aromatic heterocycles. The number of fused-ring (bicyclic) bond motifs is 1. The number of ether oxygens (including phenoxy) is 1. The van der Waals surface area contributed by atoms with Crippen molar-refractivity contribution in [2.75, 3.05) is 11.9 Å². The van der Waals surface area contributed by atoms with E-state index in [9.17, 15) is 18.0 Å². The maximum absolute atomic E-state index is 12.6. The van der Waals surface area contributed by atoms with E-state index in [2.05, 4.69) is 5.32 Å². The second kappa shape index (κ2) is 5.46. The summed E-state index contributed by atoms with van der Waals surface area (Å²) >= 11 is 0. The molecule has 2 aromatic rings. The van der Waals surface area contributed by atoms with Gasteiger partial charge in [-0.15, -0.1) is 0 Å². The highest BCUT2D eigenvalue weighted by atomic mass is 19.4. The van der Waals surface area contributed by atoms with Crippen molar-refractivity contribution in [1.29, 1.82) is 0 Å². The van der Waals surface area contributed by atoms with Crippen molar-refractivity contribution in [2.24, 2.45) is 0 Å². The van der Waals surface area contributed by atoms with Gasteiger partial charge in [-0.1, -0.05) is 18.2 Å². The normalized spacial score (nSPS) is 15.0. The van der Waals surface area contributed by atoms with Crippen LogP contribution in [0.3, 0.4) is 0 Å². The van der Waals surface area contributed by atoms with Crippen LogP contribution < -0.4 is 5.32 Å². The molecule has 1 N–H and O–H groups in total. The first kappa shape index (κ1) is 14.6. The number of hydrogen-bond donors (Lipinski definition) is 1. The first-order valence-electron chi connectivity index (χ1n) is 6.61. The molecular weight excluding hydrogens is 295 g/mol. The smallest absolute Gasteiger partial charge is 0.367 e. The average molecular weight is 307 g/mol. The monoisotopic (exact) mass is 307 g/mol. The number of carbonyl (C=O) groups excluding carboxylic acids is 1. The van der Waals surface area contributed by atoms with E-state index in [0.717, 1.165) is 23.3 Å². The molecule has 0 unspecified atom stereocenters. The molecule has 0 atom stereocenters. The molecule has 3 rings (SSSR count). The van der Waals surface area contributed by atoms with Crippen molar-refractivity contribution in [3.05, 3.63) is 53.6 Å². The van der Waals surface area contributed by atoms with Crippen molar-refractivity contribution >= 4 is 11.6 Å². The van der Waals surface area contributed by atoms with E-state index >= 15 is 0 Å². The van der Waals surface area contributed by atoms with E-state index in [1.54, 1.807) is 12.1 Å². The molecule has 0 bridgehead atoms. The summed E-state index contributed by atoms with van der Waals surface area (Å²) in [6.45, 7) is 0.271. The van der Waals surface area contributed by atoms with Crippen LogP contribution in [-0.2, 0) is 22.3 Å². The second-order valence-corrected chi connectivity index (χ2v) is 4.99. The molecule has 0 fully saturated rings. The zero-order chi connectivity index (χ0) is 15.7. The van der Waals surface area contributed by atoms with Gasteiger partial charge in [0.2, 0.25) is 5.91 Å². The van der Waals surface area contributed by atoms with Crippen LogP contribution in [0.5, 0.6) is 0 Å². The summed E-state index contributed by atoms with van der Waals surface area (Å²) < 4.78 is 42.9. The molecule has 0 saturated carbocycles. The minimum Gasteiger partial charge on any atom is -0.367 e. The van der Waals surface area contributed by atoms with Crippen molar-refractivity contribution in [1.82, 2.24) is 0 Å². The Morgan fingerprint density at radius 3 is 2.32 bits per heavy atom. The lowest BCUT2D eigenvalue weighted by molar-refractivity contribution is -0.137. The molecule has 0 saturated heterocycles. The Labute approximate surface area is 124 Å². The Balaban J connectivity index is 1.93. The van der Waals surface area contributed by atoms with E-state index < -0.39 is 11.7 Å². The molecule has 6 heteroatoms. The Morgan fingerprint density at radius 2 is 1.64 bits per heavy atom. The predicted molar refractivity (Wildman–Crippen MR) is 75.2 cm³/mol. The zero-order valence-electron chi connectivity index (χ0n) is 11.4. The lowest BCUT2D eigenvalue weighted by atomic mass is 10.0. The molecule has 1 heterocycles. The molecule has 0 spiro atoms. The van der Waals surface area contributed by atoms with Crippen LogP contribution in [0.4, 0.5) is 18.9 Å². The van der Waals surface area contributed by atoms with Crippen LogP contribution in [-0.4, -0.2) is 12.5 Å². The fraction of sp³-hybridized carbons (Fsp3) is 0.188. The molecule has 2 aromatic carbocycles. The third-order valence-corrected chi connectivity index (χ3v) is 3.42. The van der Waals surface area contributed by atoms with Gasteiger partial charge in [-0.25, -0.2) is 0 Å². The van der Waals surface area contributed by atoms with Crippen LogP contribution in [0.25, 0.3) is 11.1 Å². The summed E-state index contributed by atoms with van der Waals surface area (Å²) in [4.78, 5) is 11.4. The summed E-state index contributed by atoms with van der Waals surface area (Å²) in [6, 6.07) is 10.3. The third-order valence-electron chi connectivity index (χ3n) is 3.42. The standard InChI is InChI=1S/C16H12F3NO2/c17-16(18,19)13-4-1-10(2-5-13)11-3-6-14-12(7-11)8-22-9-15(21)20-14/h1-7H,8-9H2,(H,20,21). The Bertz CT molecular complexity index is 708. The van der Waals surface area contributed by atoms with E-state index in [0.29, 0.717) is 11.3 Å². The molecule has 114 valence electrons. The maximum Gasteiger partial charge on any atom is 0.416 e. The van der Waals surface area contributed by atoms with Crippen molar-refractivity contribution < 1.29 is 22.7 Å². The first-order valence-corrected chi connectivity index (χ1v) is 6.61. The number of amides is 1. The minimum absolute atomic E-state index is 0.00963. The van der Waals surface area contributed by atoms with Crippen molar-refractivity contribution in [2.45, 2.75) is 12.8 Å². The number of benzene rings is 2. The van der Waals surface area contributed by atoms with E-state index in [-0.39, 0.29) is 19.1 Å². The van der Waals surface area contributed by atoms with E-state index in [4.69, 9.17) is 4.74 Å². The number of alkyl halides is 3. The highest BCUT2D eigenvalue weighted by Crippen LogP contribution is 2.32. The minimum atomic E-state index is -4.34. The summed E-state index contributed by atoms with van der Waals surface area (Å²) in [5, 5.41) is 2.72. The molecular formula is C16H12F3NO2. The van der Waals surface area contributed by atoms with Gasteiger partial charge in [0.15, 0.2) is 0 Å². The first-order chi connectivity index (χ1) is 10.4. The molecule has 1 aliphatic heterocycles. The van der Waals surface area contributed by atoms with Gasteiger partial charge in [-0.2, -0.15) is 13.2 Å². The van der Waals surface area contributed by atoms with Crippen LogP contribution in [0.15, 0.2) is 42.5 Å². The van der Waals surface area contributed by atoms with Gasteiger partial charge >= 0.3 is 6.18 Å². The zero-order valence-corrected chi connectivity index (χ0v) is 11.4. The summed E-state index contributed by atoms with van der Waals surface area (Å²) in [5.74, 6) is -0.221. The van der Waals surface area contributed by atoms with Crippen LogP contribution in [0.1, 0.15) is 11.1 Å². The molecule has 0 aliphatic carbocycles. The quantitative estimate of drug-likeness (QED) is 0.869. The number of carbonyl (C=O) groups is 1. The SMILES string of the molecule is O=C1COCc2cc(-c3ccc(C(F)(F)F)cc3)ccc2N1. The molecule has 1 amide bonds. The molecule has 22 heavy (non-hydrogen) atoms. The summed E-state index contributed by atoms with van der Waals surface area (Å²) in [5.41, 5.74) is 2.22. The Kier molecular flexibility index (Phi) is 3.62. The van der Waals surface area contributed by atoms with Crippen molar-refractivity contribution in [3.63, 3.8) is 0 Å². The third kappa shape index (κ3) is 2.96. The van der Waals surface area contributed by atoms with Gasteiger partial charge in [0.05, 0.1) is 12.2 Å². The molecule has 3 nitrogen and oxygen atoms in total. The van der Waals surface area contributed by atoms with Crippen LogP contribution in [0, 0.1) is 0 Å². The largest absolute Gasteiger partial charge is 0.416 e. The molecule has 1 aliphatic rings. The maximum atomic E-state index is 12.6. The number of hydrogen-bond acceptors (Lipinski definition) is 2. The van der Waals surface area contributed by atoms with Gasteiger partial charge in [0.1, 0.15) is 6.61 Å². The number of anilines is 1. The summed E-state index contributed by atoms with van der Waals surface area (Å²) in [6.07, 6.45) is -4.34. The number of nitrogens with one attached hydrogen (secondary N) is 1. The summed E-state index contributed by atoms with van der Waals surface area (Å²) in [7, 11) is 0. The highest BCUT2D eigenvalue weighted by molar-refractivity contribution is 5.93. The Morgan fingerprint density at radius 1 is 0.955 bits per heavy atom. The van der Waals surface area contributed by atoms with E-state index in [1.165, 1.54) is 12.1 Å². The van der Waals surface area contributed by atoms with Crippen molar-refractivity contribution in [3.8, 4) is 11.1 Å². The number of halogens is 3. The van der Waals surface area contributed by atoms with E-state index in [1.807, 2.05) is 6.07 Å². The lowest BCUT2D eigenvalue weighted by Gasteiger charge is -2.10. The fourth-order valence-corrected chi connectivity index (χ4v) is 2.31. The number of rotatable bonds is 1. The van der Waals surface area contributed by atoms with Gasteiger partial charge in [-0.05, 0) is 35.4 Å². The average Bonchev–Trinajstić information content (AvgIpc) is 2.66. The van der Waals surface area contributed by atoms with Gasteiger partial charge in [0, 0.05) is 11.3 Å². The fourth-order valence-electron chi connectivity index (χ4n) is 2.31.